The fraction of sp³-hybridized carbons (Fsp3) is 0.750. The first-order valence-electron chi connectivity index (χ1n) is 3.85. The van der Waals surface area contributed by atoms with Crippen molar-refractivity contribution >= 4 is 5.97 Å². The van der Waals surface area contributed by atoms with Crippen LogP contribution in [0.1, 0.15) is 32.1 Å². The molecule has 1 saturated carbocycles. The van der Waals surface area contributed by atoms with Crippen molar-refractivity contribution in [1.29, 1.82) is 0 Å². The van der Waals surface area contributed by atoms with Gasteiger partial charge in [0.15, 0.2) is 0 Å². The Hall–Kier alpha value is -0.530. The first-order valence-corrected chi connectivity index (χ1v) is 3.85. The molecule has 0 aromatic rings. The van der Waals surface area contributed by atoms with Gasteiger partial charge in [-0.2, -0.15) is 0 Å². The summed E-state index contributed by atoms with van der Waals surface area (Å²) in [7, 11) is 0. The molecule has 2 nitrogen and oxygen atoms in total. The van der Waals surface area contributed by atoms with Crippen LogP contribution in [0.3, 0.4) is 0 Å². The molecule has 1 unspecified atom stereocenters. The molecule has 1 fully saturated rings. The monoisotopic (exact) mass is 141 g/mol. The molecule has 1 aliphatic carbocycles. The van der Waals surface area contributed by atoms with Crippen LogP contribution in [0, 0.1) is 12.3 Å². The van der Waals surface area contributed by atoms with Crippen molar-refractivity contribution < 1.29 is 9.90 Å². The Balaban J connectivity index is 2.35. The summed E-state index contributed by atoms with van der Waals surface area (Å²) >= 11 is 0. The maximum Gasteiger partial charge on any atom is 0.306 e. The van der Waals surface area contributed by atoms with Gasteiger partial charge in [-0.25, -0.2) is 0 Å². The van der Waals surface area contributed by atoms with Crippen LogP contribution < -0.4 is 0 Å². The Morgan fingerprint density at radius 1 is 1.50 bits per heavy atom. The minimum atomic E-state index is -0.627. The fourth-order valence-corrected chi connectivity index (χ4v) is 1.34. The predicted molar refractivity (Wildman–Crippen MR) is 38.5 cm³/mol. The van der Waals surface area contributed by atoms with E-state index in [9.17, 15) is 4.79 Å². The van der Waals surface area contributed by atoms with Crippen LogP contribution in [0.4, 0.5) is 0 Å². The van der Waals surface area contributed by atoms with Crippen molar-refractivity contribution in [1.82, 2.24) is 0 Å². The highest BCUT2D eigenvalue weighted by Crippen LogP contribution is 2.21. The number of carbonyl (C=O) groups is 1. The normalized spacial score (nSPS) is 22.0. The molecule has 0 spiro atoms. The molecule has 1 N–H and O–H groups in total. The van der Waals surface area contributed by atoms with E-state index in [1.807, 2.05) is 0 Å². The van der Waals surface area contributed by atoms with Crippen molar-refractivity contribution in [2.45, 2.75) is 32.1 Å². The summed E-state index contributed by atoms with van der Waals surface area (Å²) in [4.78, 5) is 10.5. The van der Waals surface area contributed by atoms with Gasteiger partial charge in [0, 0.05) is 0 Å². The van der Waals surface area contributed by atoms with Gasteiger partial charge >= 0.3 is 5.97 Å². The first-order chi connectivity index (χ1) is 4.80. The molecule has 1 atom stereocenters. The highest BCUT2D eigenvalue weighted by atomic mass is 16.4. The van der Waals surface area contributed by atoms with Gasteiger partial charge in [0.2, 0.25) is 0 Å². The number of hydrogen-bond acceptors (Lipinski definition) is 1. The van der Waals surface area contributed by atoms with E-state index in [0.29, 0.717) is 0 Å². The third kappa shape index (κ3) is 2.01. The van der Waals surface area contributed by atoms with Crippen LogP contribution in [0.15, 0.2) is 0 Å². The lowest BCUT2D eigenvalue weighted by Crippen LogP contribution is -2.11. The molecule has 10 heavy (non-hydrogen) atoms. The van der Waals surface area contributed by atoms with Crippen molar-refractivity contribution in [3.05, 3.63) is 6.42 Å². The zero-order valence-electron chi connectivity index (χ0n) is 6.05. The summed E-state index contributed by atoms with van der Waals surface area (Å²) in [6, 6.07) is 0. The lowest BCUT2D eigenvalue weighted by molar-refractivity contribution is -0.141. The zero-order valence-corrected chi connectivity index (χ0v) is 6.05. The third-order valence-corrected chi connectivity index (χ3v) is 2.01. The number of carboxylic acids is 1. The molecule has 0 amide bonds. The molecule has 0 bridgehead atoms. The largest absolute Gasteiger partial charge is 0.481 e. The van der Waals surface area contributed by atoms with E-state index in [2.05, 4.69) is 6.42 Å². The lowest BCUT2D eigenvalue weighted by atomic mass is 10.0. The highest BCUT2D eigenvalue weighted by molar-refractivity contribution is 5.70. The maximum absolute atomic E-state index is 10.5. The van der Waals surface area contributed by atoms with E-state index >= 15 is 0 Å². The van der Waals surface area contributed by atoms with Crippen molar-refractivity contribution in [3.8, 4) is 0 Å². The van der Waals surface area contributed by atoms with Crippen LogP contribution in [-0.2, 0) is 4.79 Å². The second kappa shape index (κ2) is 3.59. The predicted octanol–water partition coefficient (Wildman–Crippen LogP) is 1.86. The van der Waals surface area contributed by atoms with Gasteiger partial charge in [-0.1, -0.05) is 19.3 Å². The summed E-state index contributed by atoms with van der Waals surface area (Å²) in [6.45, 7) is 0. The molecular weight excluding hydrogens is 128 g/mol. The van der Waals surface area contributed by atoms with Crippen LogP contribution in [0.2, 0.25) is 0 Å². The molecule has 2 heteroatoms. The van der Waals surface area contributed by atoms with Gasteiger partial charge in [0.05, 0.1) is 5.92 Å². The number of aliphatic carboxylic acids is 1. The number of carboxylic acid groups (broad SMARTS) is 1. The Morgan fingerprint density at radius 3 is 3.00 bits per heavy atom. The summed E-state index contributed by atoms with van der Waals surface area (Å²) in [5, 5.41) is 8.64. The molecule has 0 heterocycles. The number of rotatable bonds is 1. The Bertz CT molecular complexity index is 112. The van der Waals surface area contributed by atoms with Crippen LogP contribution in [-0.4, -0.2) is 11.1 Å². The standard InChI is InChI=1S/C8H13O2/c9-8(10)7-5-3-1-2-4-6-7/h3,7H,1-2,4-6H2,(H,9,10). The van der Waals surface area contributed by atoms with Gasteiger partial charge in [-0.15, -0.1) is 0 Å². The maximum atomic E-state index is 10.5. The minimum absolute atomic E-state index is 0.0949. The number of hydrogen-bond donors (Lipinski definition) is 1. The van der Waals surface area contributed by atoms with Crippen LogP contribution in [0.25, 0.3) is 0 Å². The quantitative estimate of drug-likeness (QED) is 0.566. The Morgan fingerprint density at radius 2 is 2.30 bits per heavy atom. The second-order valence-corrected chi connectivity index (χ2v) is 2.84. The summed E-state index contributed by atoms with van der Waals surface area (Å²) in [5.41, 5.74) is 0. The molecule has 0 saturated heterocycles. The molecule has 57 valence electrons. The minimum Gasteiger partial charge on any atom is -0.481 e. The van der Waals surface area contributed by atoms with E-state index in [4.69, 9.17) is 5.11 Å². The molecule has 0 aromatic heterocycles. The Labute approximate surface area is 61.2 Å². The molecule has 1 radical (unpaired) electrons. The van der Waals surface area contributed by atoms with Crippen LogP contribution >= 0.6 is 0 Å². The van der Waals surface area contributed by atoms with E-state index in [1.54, 1.807) is 0 Å². The van der Waals surface area contributed by atoms with Crippen molar-refractivity contribution in [2.24, 2.45) is 5.92 Å². The van der Waals surface area contributed by atoms with E-state index in [1.165, 1.54) is 6.42 Å². The smallest absolute Gasteiger partial charge is 0.306 e. The summed E-state index contributed by atoms with van der Waals surface area (Å²) < 4.78 is 0. The third-order valence-electron chi connectivity index (χ3n) is 2.01. The molecule has 1 aliphatic rings. The average molecular weight is 141 g/mol. The second-order valence-electron chi connectivity index (χ2n) is 2.84. The summed E-state index contributed by atoms with van der Waals surface area (Å²) in [6.07, 6.45) is 7.09. The topological polar surface area (TPSA) is 37.3 Å². The SMILES string of the molecule is O=C(O)C1C[CH]CCCC1. The molecular formula is C8H13O2. The van der Waals surface area contributed by atoms with Gasteiger partial charge in [0.25, 0.3) is 0 Å². The van der Waals surface area contributed by atoms with Gasteiger partial charge < -0.3 is 5.11 Å². The zero-order chi connectivity index (χ0) is 7.40. The first kappa shape index (κ1) is 7.58. The average Bonchev–Trinajstić information content (AvgIpc) is 2.12. The lowest BCUT2D eigenvalue weighted by Gasteiger charge is -2.05. The summed E-state index contributed by atoms with van der Waals surface area (Å²) in [5.74, 6) is -0.722. The fourth-order valence-electron chi connectivity index (χ4n) is 1.34. The molecule has 1 rings (SSSR count). The van der Waals surface area contributed by atoms with Crippen molar-refractivity contribution in [2.75, 3.05) is 0 Å². The van der Waals surface area contributed by atoms with Crippen molar-refractivity contribution in [3.63, 3.8) is 0 Å². The molecule has 0 aromatic carbocycles. The van der Waals surface area contributed by atoms with E-state index < -0.39 is 5.97 Å². The Kier molecular flexibility index (Phi) is 2.72. The van der Waals surface area contributed by atoms with E-state index in [0.717, 1.165) is 25.7 Å². The molecule has 0 aliphatic heterocycles. The van der Waals surface area contributed by atoms with Gasteiger partial charge in [-0.3, -0.25) is 4.79 Å². The van der Waals surface area contributed by atoms with Crippen LogP contribution in [0.5, 0.6) is 0 Å². The highest BCUT2D eigenvalue weighted by Gasteiger charge is 2.18. The van der Waals surface area contributed by atoms with Gasteiger partial charge in [-0.05, 0) is 19.3 Å². The van der Waals surface area contributed by atoms with E-state index in [-0.39, 0.29) is 5.92 Å². The van der Waals surface area contributed by atoms with Gasteiger partial charge in [0.1, 0.15) is 0 Å².